The molecule has 2 aliphatic carbocycles. The first-order valence-corrected chi connectivity index (χ1v) is 17.8. The van der Waals surface area contributed by atoms with Crippen molar-refractivity contribution in [3.8, 4) is 0 Å². The van der Waals surface area contributed by atoms with Gasteiger partial charge in [0.15, 0.2) is 0 Å². The summed E-state index contributed by atoms with van der Waals surface area (Å²) in [6.45, 7) is 16.0. The van der Waals surface area contributed by atoms with Gasteiger partial charge in [0, 0.05) is 55.9 Å². The van der Waals surface area contributed by atoms with Crippen LogP contribution in [0.3, 0.4) is 0 Å². The Hall–Kier alpha value is -5.08. The average Bonchev–Trinajstić information content (AvgIpc) is 3.11. The summed E-state index contributed by atoms with van der Waals surface area (Å²) in [6, 6.07) is 47.2. The van der Waals surface area contributed by atoms with Crippen LogP contribution >= 0.6 is 0 Å². The number of nitrogens with zero attached hydrogens (tertiary/aromatic N) is 2. The highest BCUT2D eigenvalue weighted by molar-refractivity contribution is 5.91. The fraction of sp³-hybridized carbons (Fsp3) is 0.234. The molecule has 5 aromatic carbocycles. The molecular weight excluding hydrogens is 593 g/mol. The zero-order valence-corrected chi connectivity index (χ0v) is 30.0. The van der Waals surface area contributed by atoms with Crippen molar-refractivity contribution in [2.24, 2.45) is 17.3 Å². The van der Waals surface area contributed by atoms with Crippen LogP contribution < -0.4 is 20.2 Å². The zero-order valence-electron chi connectivity index (χ0n) is 30.0. The molecule has 0 aliphatic heterocycles. The van der Waals surface area contributed by atoms with E-state index in [0.29, 0.717) is 11.8 Å². The lowest BCUT2D eigenvalue weighted by molar-refractivity contribution is 0.455. The summed E-state index contributed by atoms with van der Waals surface area (Å²) in [5.41, 5.74) is 12.1. The summed E-state index contributed by atoms with van der Waals surface area (Å²) < 4.78 is 0. The molecule has 0 saturated heterocycles. The van der Waals surface area contributed by atoms with Gasteiger partial charge in [-0.1, -0.05) is 130 Å². The number of allylic oxidation sites excluding steroid dienone is 2. The maximum absolute atomic E-state index is 2.58. The Bertz CT molecular complexity index is 2140. The first-order valence-electron chi connectivity index (χ1n) is 17.8. The normalized spacial score (nSPS) is 18.3. The van der Waals surface area contributed by atoms with Crippen molar-refractivity contribution in [2.45, 2.75) is 54.4 Å². The Morgan fingerprint density at radius 3 is 1.59 bits per heavy atom. The molecule has 0 saturated carbocycles. The average molecular weight is 641 g/mol. The van der Waals surface area contributed by atoms with Gasteiger partial charge in [0.05, 0.1) is 0 Å². The first-order chi connectivity index (χ1) is 23.7. The molecule has 2 atom stereocenters. The molecular formula is C47H48N2. The molecule has 2 nitrogen and oxygen atoms in total. The second-order valence-electron chi connectivity index (χ2n) is 14.6. The largest absolute Gasteiger partial charge is 0.313 e. The molecule has 0 N–H and O–H groups in total. The monoisotopic (exact) mass is 640 g/mol. The van der Waals surface area contributed by atoms with E-state index in [1.165, 1.54) is 61.2 Å². The highest BCUT2D eigenvalue weighted by Crippen LogP contribution is 2.53. The van der Waals surface area contributed by atoms with Crippen LogP contribution in [0.5, 0.6) is 0 Å². The van der Waals surface area contributed by atoms with Crippen molar-refractivity contribution in [1.29, 1.82) is 0 Å². The van der Waals surface area contributed by atoms with E-state index >= 15 is 0 Å². The maximum atomic E-state index is 2.58. The van der Waals surface area contributed by atoms with Gasteiger partial charge in [-0.2, -0.15) is 0 Å². The third kappa shape index (κ3) is 5.95. The maximum Gasteiger partial charge on any atom is 0.0459 e. The first kappa shape index (κ1) is 32.5. The van der Waals surface area contributed by atoms with Gasteiger partial charge >= 0.3 is 0 Å². The molecule has 0 heterocycles. The van der Waals surface area contributed by atoms with Crippen molar-refractivity contribution < 1.29 is 0 Å². The third-order valence-corrected chi connectivity index (χ3v) is 10.4. The van der Waals surface area contributed by atoms with Crippen molar-refractivity contribution in [1.82, 2.24) is 0 Å². The quantitative estimate of drug-likeness (QED) is 0.166. The Balaban J connectivity index is 1.69. The molecule has 7 rings (SSSR count). The van der Waals surface area contributed by atoms with Crippen LogP contribution in [0.25, 0.3) is 11.4 Å². The van der Waals surface area contributed by atoms with Crippen LogP contribution in [0, 0.1) is 31.1 Å². The number of para-hydroxylation sites is 2. The Labute approximate surface area is 293 Å². The number of aryl methyl sites for hydroxylation is 2. The molecule has 2 aliphatic rings. The standard InChI is InChI=1S/C47H48N2/c1-32(2)36-22-28-42-43(30-36)45(48(38-14-10-8-11-15-38)40-24-18-34(5)19-25-40)44-29-23-37(33(3)4)31-47(44,7)46(42)49(39-16-12-9-13-17-39)41-26-20-35(6)21-27-41/h8-33,44H,1-7H3. The third-order valence-electron chi connectivity index (χ3n) is 10.4. The van der Waals surface area contributed by atoms with Gasteiger partial charge < -0.3 is 9.80 Å². The number of rotatable bonds is 8. The van der Waals surface area contributed by atoms with E-state index < -0.39 is 0 Å². The van der Waals surface area contributed by atoms with E-state index in [1.54, 1.807) is 0 Å². The van der Waals surface area contributed by atoms with Crippen LogP contribution in [0.1, 0.15) is 57.2 Å². The second kappa shape index (κ2) is 13.1. The van der Waals surface area contributed by atoms with Crippen LogP contribution in [-0.2, 0) is 0 Å². The summed E-state index contributed by atoms with van der Waals surface area (Å²) >= 11 is 0. The fourth-order valence-corrected chi connectivity index (χ4v) is 7.64. The Morgan fingerprint density at radius 2 is 1.06 bits per heavy atom. The topological polar surface area (TPSA) is 6.48 Å². The van der Waals surface area contributed by atoms with E-state index in [1.807, 2.05) is 0 Å². The van der Waals surface area contributed by atoms with Gasteiger partial charge in [0.2, 0.25) is 0 Å². The number of anilines is 4. The molecule has 0 bridgehead atoms. The van der Waals surface area contributed by atoms with E-state index in [0.717, 1.165) is 5.69 Å². The van der Waals surface area contributed by atoms with Gasteiger partial charge in [-0.25, -0.2) is 0 Å². The molecule has 0 spiro atoms. The van der Waals surface area contributed by atoms with Crippen LogP contribution in [0.4, 0.5) is 22.7 Å². The van der Waals surface area contributed by atoms with Gasteiger partial charge in [-0.3, -0.25) is 0 Å². The zero-order chi connectivity index (χ0) is 34.3. The minimum Gasteiger partial charge on any atom is -0.313 e. The molecule has 0 fully saturated rings. The van der Waals surface area contributed by atoms with E-state index in [9.17, 15) is 0 Å². The van der Waals surface area contributed by atoms with Crippen molar-refractivity contribution >= 4 is 34.1 Å². The fourth-order valence-electron chi connectivity index (χ4n) is 7.64. The molecule has 5 aromatic rings. The van der Waals surface area contributed by atoms with Crippen LogP contribution in [0.15, 0.2) is 151 Å². The Kier molecular flexibility index (Phi) is 8.67. The second-order valence-corrected chi connectivity index (χ2v) is 14.6. The number of hydrogen-bond acceptors (Lipinski definition) is 2. The molecule has 2 heteroatoms. The van der Waals surface area contributed by atoms with Crippen molar-refractivity contribution in [3.63, 3.8) is 0 Å². The summed E-state index contributed by atoms with van der Waals surface area (Å²) in [6.07, 6.45) is 7.47. The SMILES string of the molecule is Cc1ccc(N(C2=c3cc(C(C)C)ccc3=C(N(c3ccccc3)c3ccc(C)cc3)C3(C)C=C(C(C)C)C=CC23)c2ccccc2)cc1. The lowest BCUT2D eigenvalue weighted by Gasteiger charge is -2.49. The van der Waals surface area contributed by atoms with Crippen LogP contribution in [-0.4, -0.2) is 0 Å². The molecule has 246 valence electrons. The predicted molar refractivity (Wildman–Crippen MR) is 210 cm³/mol. The van der Waals surface area contributed by atoms with Gasteiger partial charge in [0.1, 0.15) is 0 Å². The van der Waals surface area contributed by atoms with E-state index in [4.69, 9.17) is 0 Å². The molecule has 2 unspecified atom stereocenters. The molecule has 0 amide bonds. The van der Waals surface area contributed by atoms with Crippen molar-refractivity contribution in [2.75, 3.05) is 9.80 Å². The summed E-state index contributed by atoms with van der Waals surface area (Å²) in [4.78, 5) is 5.06. The van der Waals surface area contributed by atoms with Gasteiger partial charge in [-0.05, 0) is 98.3 Å². The lowest BCUT2D eigenvalue weighted by Crippen LogP contribution is -2.52. The number of hydrogen-bond donors (Lipinski definition) is 0. The Morgan fingerprint density at radius 1 is 0.551 bits per heavy atom. The number of fused-ring (bicyclic) bond motifs is 2. The molecule has 0 radical (unpaired) electrons. The highest BCUT2D eigenvalue weighted by Gasteiger charge is 2.46. The minimum absolute atomic E-state index is 0.0538. The summed E-state index contributed by atoms with van der Waals surface area (Å²) in [5.74, 6) is 0.845. The molecule has 49 heavy (non-hydrogen) atoms. The summed E-state index contributed by atoms with van der Waals surface area (Å²) in [5, 5.41) is 2.55. The van der Waals surface area contributed by atoms with Crippen molar-refractivity contribution in [3.05, 3.63) is 178 Å². The smallest absolute Gasteiger partial charge is 0.0459 e. The molecule has 0 aromatic heterocycles. The highest BCUT2D eigenvalue weighted by atomic mass is 15.2. The van der Waals surface area contributed by atoms with Gasteiger partial charge in [0.25, 0.3) is 0 Å². The lowest BCUT2D eigenvalue weighted by atomic mass is 9.64. The van der Waals surface area contributed by atoms with Gasteiger partial charge in [-0.15, -0.1) is 0 Å². The number of benzene rings is 5. The van der Waals surface area contributed by atoms with E-state index in [-0.39, 0.29) is 11.3 Å². The summed E-state index contributed by atoms with van der Waals surface area (Å²) in [7, 11) is 0. The predicted octanol–water partition coefficient (Wildman–Crippen LogP) is 11.1. The van der Waals surface area contributed by atoms with E-state index in [2.05, 4.69) is 204 Å². The minimum atomic E-state index is -0.380. The van der Waals surface area contributed by atoms with Crippen LogP contribution in [0.2, 0.25) is 0 Å².